The van der Waals surface area contributed by atoms with Gasteiger partial charge in [-0.3, -0.25) is 4.79 Å². The quantitative estimate of drug-likeness (QED) is 0.679. The summed E-state index contributed by atoms with van der Waals surface area (Å²) in [7, 11) is 0. The normalized spacial score (nSPS) is 14.2. The first-order chi connectivity index (χ1) is 7.56. The summed E-state index contributed by atoms with van der Waals surface area (Å²) in [6, 6.07) is 6.04. The van der Waals surface area contributed by atoms with E-state index in [0.29, 0.717) is 5.69 Å². The number of anilines is 1. The van der Waals surface area contributed by atoms with E-state index in [1.807, 2.05) is 13.8 Å². The number of hydrogen-bond donors (Lipinski definition) is 3. The zero-order valence-corrected chi connectivity index (χ0v) is 9.60. The molecule has 0 spiro atoms. The molecule has 0 unspecified atom stereocenters. The Kier molecular flexibility index (Phi) is 4.31. The van der Waals surface area contributed by atoms with Crippen molar-refractivity contribution in [1.29, 1.82) is 0 Å². The molecular weight excluding hydrogens is 204 g/mol. The van der Waals surface area contributed by atoms with E-state index in [2.05, 4.69) is 5.32 Å². The summed E-state index contributed by atoms with van der Waals surface area (Å²) in [6.45, 7) is 3.91. The summed E-state index contributed by atoms with van der Waals surface area (Å²) in [6.07, 6.45) is 0.843. The second-order valence-corrected chi connectivity index (χ2v) is 3.92. The molecule has 1 aromatic rings. The zero-order chi connectivity index (χ0) is 12.1. The van der Waals surface area contributed by atoms with Gasteiger partial charge in [0, 0.05) is 0 Å². The van der Waals surface area contributed by atoms with Gasteiger partial charge < -0.3 is 16.2 Å². The summed E-state index contributed by atoms with van der Waals surface area (Å²) in [5, 5.41) is 12.1. The molecule has 1 aromatic carbocycles. The second kappa shape index (κ2) is 5.51. The van der Waals surface area contributed by atoms with Crippen LogP contribution >= 0.6 is 0 Å². The van der Waals surface area contributed by atoms with E-state index in [4.69, 9.17) is 5.73 Å². The molecule has 88 valence electrons. The van der Waals surface area contributed by atoms with Crippen LogP contribution in [0.4, 0.5) is 5.69 Å². The monoisotopic (exact) mass is 222 g/mol. The molecule has 4 heteroatoms. The fourth-order valence-corrected chi connectivity index (χ4v) is 1.31. The summed E-state index contributed by atoms with van der Waals surface area (Å²) in [5.41, 5.74) is 6.17. The van der Waals surface area contributed by atoms with Gasteiger partial charge in [-0.25, -0.2) is 0 Å². The molecule has 1 amide bonds. The maximum absolute atomic E-state index is 11.7. The van der Waals surface area contributed by atoms with Crippen LogP contribution in [-0.2, 0) is 4.79 Å². The number of nitrogens with one attached hydrogen (secondary N) is 1. The lowest BCUT2D eigenvalue weighted by atomic mass is 9.99. The zero-order valence-electron chi connectivity index (χ0n) is 9.60. The van der Waals surface area contributed by atoms with Crippen molar-refractivity contribution in [2.45, 2.75) is 26.3 Å². The van der Waals surface area contributed by atoms with Gasteiger partial charge in [-0.15, -0.1) is 0 Å². The summed E-state index contributed by atoms with van der Waals surface area (Å²) in [5.74, 6) is -0.103. The predicted molar refractivity (Wildman–Crippen MR) is 64.2 cm³/mol. The Labute approximate surface area is 95.5 Å². The van der Waals surface area contributed by atoms with Gasteiger partial charge in [0.25, 0.3) is 0 Å². The van der Waals surface area contributed by atoms with Gasteiger partial charge in [0.15, 0.2) is 0 Å². The van der Waals surface area contributed by atoms with Crippen LogP contribution in [0.3, 0.4) is 0 Å². The number of carbonyl (C=O) groups is 1. The summed E-state index contributed by atoms with van der Waals surface area (Å²) < 4.78 is 0. The molecule has 16 heavy (non-hydrogen) atoms. The van der Waals surface area contributed by atoms with Crippen LogP contribution in [0.25, 0.3) is 0 Å². The van der Waals surface area contributed by atoms with Crippen molar-refractivity contribution in [2.24, 2.45) is 11.7 Å². The standard InChI is InChI=1S/C12H18N2O2/c1-3-8(2)11(13)12(16)14-9-6-4-5-7-10(9)15/h4-8,11,15H,3,13H2,1-2H3,(H,14,16)/t8-,11-/m0/s1. The van der Waals surface area contributed by atoms with Crippen molar-refractivity contribution in [2.75, 3.05) is 5.32 Å². The van der Waals surface area contributed by atoms with Gasteiger partial charge in [0.05, 0.1) is 11.7 Å². The van der Waals surface area contributed by atoms with Crippen LogP contribution in [-0.4, -0.2) is 17.1 Å². The van der Waals surface area contributed by atoms with Gasteiger partial charge >= 0.3 is 0 Å². The molecular formula is C12H18N2O2. The van der Waals surface area contributed by atoms with Gasteiger partial charge in [-0.1, -0.05) is 32.4 Å². The molecule has 0 aliphatic carbocycles. The van der Waals surface area contributed by atoms with Crippen LogP contribution in [0, 0.1) is 5.92 Å². The van der Waals surface area contributed by atoms with Gasteiger partial charge in [0.1, 0.15) is 5.75 Å². The fraction of sp³-hybridized carbons (Fsp3) is 0.417. The number of benzene rings is 1. The number of phenols is 1. The molecule has 0 radical (unpaired) electrons. The Hall–Kier alpha value is -1.55. The number of aromatic hydroxyl groups is 1. The number of phenolic OH excluding ortho intramolecular Hbond substituents is 1. The van der Waals surface area contributed by atoms with Crippen LogP contribution in [0.15, 0.2) is 24.3 Å². The largest absolute Gasteiger partial charge is 0.506 e. The number of para-hydroxylation sites is 2. The Morgan fingerprint density at radius 1 is 1.50 bits per heavy atom. The van der Waals surface area contributed by atoms with E-state index < -0.39 is 6.04 Å². The molecule has 4 N–H and O–H groups in total. The minimum absolute atomic E-state index is 0.0483. The van der Waals surface area contributed by atoms with Crippen LogP contribution in [0.1, 0.15) is 20.3 Å². The molecule has 0 aliphatic heterocycles. The van der Waals surface area contributed by atoms with Crippen molar-refractivity contribution in [3.63, 3.8) is 0 Å². The first kappa shape index (κ1) is 12.5. The molecule has 2 atom stereocenters. The van der Waals surface area contributed by atoms with Crippen molar-refractivity contribution < 1.29 is 9.90 Å². The number of hydrogen-bond acceptors (Lipinski definition) is 3. The van der Waals surface area contributed by atoms with Gasteiger partial charge in [-0.2, -0.15) is 0 Å². The molecule has 0 aliphatic rings. The number of amides is 1. The van der Waals surface area contributed by atoms with E-state index in [1.54, 1.807) is 18.2 Å². The third-order valence-corrected chi connectivity index (χ3v) is 2.72. The van der Waals surface area contributed by atoms with Crippen molar-refractivity contribution in [1.82, 2.24) is 0 Å². The highest BCUT2D eigenvalue weighted by molar-refractivity contribution is 5.96. The van der Waals surface area contributed by atoms with Crippen LogP contribution in [0.5, 0.6) is 5.75 Å². The first-order valence-electron chi connectivity index (χ1n) is 5.40. The Morgan fingerprint density at radius 2 is 2.12 bits per heavy atom. The first-order valence-corrected chi connectivity index (χ1v) is 5.40. The number of nitrogens with two attached hydrogens (primary N) is 1. The highest BCUT2D eigenvalue weighted by Gasteiger charge is 2.19. The van der Waals surface area contributed by atoms with Gasteiger partial charge in [-0.05, 0) is 18.1 Å². The van der Waals surface area contributed by atoms with Crippen LogP contribution in [0.2, 0.25) is 0 Å². The molecule has 0 bridgehead atoms. The predicted octanol–water partition coefficient (Wildman–Crippen LogP) is 1.70. The lowest BCUT2D eigenvalue weighted by molar-refractivity contribution is -0.118. The minimum Gasteiger partial charge on any atom is -0.506 e. The summed E-state index contributed by atoms with van der Waals surface area (Å²) in [4.78, 5) is 11.7. The van der Waals surface area contributed by atoms with Crippen molar-refractivity contribution in [3.05, 3.63) is 24.3 Å². The molecule has 0 fully saturated rings. The van der Waals surface area contributed by atoms with E-state index in [1.165, 1.54) is 6.07 Å². The average Bonchev–Trinajstić information content (AvgIpc) is 2.30. The molecule has 0 heterocycles. The number of carbonyl (C=O) groups excluding carboxylic acids is 1. The third kappa shape index (κ3) is 2.97. The smallest absolute Gasteiger partial charge is 0.241 e. The highest BCUT2D eigenvalue weighted by atomic mass is 16.3. The maximum atomic E-state index is 11.7. The average molecular weight is 222 g/mol. The second-order valence-electron chi connectivity index (χ2n) is 3.92. The minimum atomic E-state index is -0.551. The van der Waals surface area contributed by atoms with Gasteiger partial charge in [0.2, 0.25) is 5.91 Å². The topological polar surface area (TPSA) is 75.4 Å². The molecule has 4 nitrogen and oxygen atoms in total. The highest BCUT2D eigenvalue weighted by Crippen LogP contribution is 2.22. The SMILES string of the molecule is CC[C@H](C)[C@H](N)C(=O)Nc1ccccc1O. The van der Waals surface area contributed by atoms with E-state index in [0.717, 1.165) is 6.42 Å². The van der Waals surface area contributed by atoms with Crippen molar-refractivity contribution >= 4 is 11.6 Å². The molecule has 0 saturated heterocycles. The molecule has 0 aromatic heterocycles. The van der Waals surface area contributed by atoms with Crippen LogP contribution < -0.4 is 11.1 Å². The van der Waals surface area contributed by atoms with E-state index in [9.17, 15) is 9.90 Å². The van der Waals surface area contributed by atoms with Crippen molar-refractivity contribution in [3.8, 4) is 5.75 Å². The fourth-order valence-electron chi connectivity index (χ4n) is 1.31. The Balaban J connectivity index is 2.68. The lowest BCUT2D eigenvalue weighted by Crippen LogP contribution is -2.40. The Morgan fingerprint density at radius 3 is 2.69 bits per heavy atom. The lowest BCUT2D eigenvalue weighted by Gasteiger charge is -2.17. The third-order valence-electron chi connectivity index (χ3n) is 2.72. The Bertz CT molecular complexity index is 366. The number of rotatable bonds is 4. The van der Waals surface area contributed by atoms with E-state index >= 15 is 0 Å². The molecule has 0 saturated carbocycles. The molecule has 1 rings (SSSR count). The van der Waals surface area contributed by atoms with E-state index in [-0.39, 0.29) is 17.6 Å². The summed E-state index contributed by atoms with van der Waals surface area (Å²) >= 11 is 0. The maximum Gasteiger partial charge on any atom is 0.241 e.